The van der Waals surface area contributed by atoms with Crippen LogP contribution in [0.25, 0.3) is 0 Å². The monoisotopic (exact) mass is 360 g/mol. The van der Waals surface area contributed by atoms with Crippen LogP contribution in [0.5, 0.6) is 5.75 Å². The van der Waals surface area contributed by atoms with Gasteiger partial charge >= 0.3 is 0 Å². The Bertz CT molecular complexity index is 691. The van der Waals surface area contributed by atoms with Gasteiger partial charge in [-0.2, -0.15) is 0 Å². The standard InChI is InChI=1S/C20H24N2O2.ClH/c21-12-4-9-19(23)22-20(15-6-2-1-3-7-15)17-10-11-18-16(14-17)8-5-13-24-18;/h1-3,6-7,10-11,14,20H,4-5,8-9,12-13,21H2,(H,22,23);1H. The maximum Gasteiger partial charge on any atom is 0.220 e. The first-order valence-electron chi connectivity index (χ1n) is 8.58. The number of hydrogen-bond acceptors (Lipinski definition) is 3. The minimum absolute atomic E-state index is 0. The number of halogens is 1. The second kappa shape index (κ2) is 9.44. The summed E-state index contributed by atoms with van der Waals surface area (Å²) < 4.78 is 5.70. The van der Waals surface area contributed by atoms with Crippen molar-refractivity contribution in [3.63, 3.8) is 0 Å². The molecule has 25 heavy (non-hydrogen) atoms. The molecule has 1 amide bonds. The van der Waals surface area contributed by atoms with E-state index in [0.29, 0.717) is 19.4 Å². The van der Waals surface area contributed by atoms with Gasteiger partial charge in [-0.05, 0) is 54.6 Å². The van der Waals surface area contributed by atoms with Crippen LogP contribution >= 0.6 is 12.4 Å². The molecule has 3 N–H and O–H groups in total. The van der Waals surface area contributed by atoms with Crippen molar-refractivity contribution in [3.05, 3.63) is 65.2 Å². The molecule has 0 spiro atoms. The fourth-order valence-electron chi connectivity index (χ4n) is 3.06. The van der Waals surface area contributed by atoms with Crippen LogP contribution in [0.15, 0.2) is 48.5 Å². The topological polar surface area (TPSA) is 64.4 Å². The number of benzene rings is 2. The normalized spacial score (nSPS) is 13.8. The highest BCUT2D eigenvalue weighted by atomic mass is 35.5. The third-order valence-corrected chi connectivity index (χ3v) is 4.31. The van der Waals surface area contributed by atoms with Gasteiger partial charge in [-0.3, -0.25) is 4.79 Å². The summed E-state index contributed by atoms with van der Waals surface area (Å²) in [6.07, 6.45) is 3.21. The number of nitrogens with two attached hydrogens (primary N) is 1. The molecule has 5 heteroatoms. The van der Waals surface area contributed by atoms with E-state index >= 15 is 0 Å². The highest BCUT2D eigenvalue weighted by Crippen LogP contribution is 2.30. The lowest BCUT2D eigenvalue weighted by Crippen LogP contribution is -2.29. The summed E-state index contributed by atoms with van der Waals surface area (Å²) in [5.74, 6) is 0.995. The largest absolute Gasteiger partial charge is 0.493 e. The van der Waals surface area contributed by atoms with Crippen molar-refractivity contribution in [1.82, 2.24) is 5.32 Å². The van der Waals surface area contributed by atoms with E-state index in [0.717, 1.165) is 36.3 Å². The molecule has 0 aromatic heterocycles. The number of nitrogens with one attached hydrogen (secondary N) is 1. The molecule has 0 fully saturated rings. The van der Waals surface area contributed by atoms with Crippen molar-refractivity contribution in [2.45, 2.75) is 31.7 Å². The van der Waals surface area contributed by atoms with E-state index in [4.69, 9.17) is 10.5 Å². The number of rotatable bonds is 6. The van der Waals surface area contributed by atoms with E-state index in [1.165, 1.54) is 5.56 Å². The smallest absolute Gasteiger partial charge is 0.220 e. The number of carbonyl (C=O) groups excluding carboxylic acids is 1. The third kappa shape index (κ3) is 4.97. The van der Waals surface area contributed by atoms with Crippen LogP contribution < -0.4 is 15.8 Å². The number of amides is 1. The fraction of sp³-hybridized carbons (Fsp3) is 0.350. The van der Waals surface area contributed by atoms with Gasteiger partial charge in [-0.15, -0.1) is 12.4 Å². The first-order valence-corrected chi connectivity index (χ1v) is 8.58. The lowest BCUT2D eigenvalue weighted by atomic mass is 9.94. The molecule has 3 rings (SSSR count). The lowest BCUT2D eigenvalue weighted by Gasteiger charge is -2.23. The van der Waals surface area contributed by atoms with Gasteiger partial charge in [0, 0.05) is 6.42 Å². The Kier molecular flexibility index (Phi) is 7.29. The Balaban J connectivity index is 0.00000225. The summed E-state index contributed by atoms with van der Waals surface area (Å²) in [6, 6.07) is 16.1. The molecule has 1 atom stereocenters. The van der Waals surface area contributed by atoms with Crippen molar-refractivity contribution in [1.29, 1.82) is 0 Å². The summed E-state index contributed by atoms with van der Waals surface area (Å²) >= 11 is 0. The number of fused-ring (bicyclic) bond motifs is 1. The molecule has 1 aliphatic heterocycles. The minimum atomic E-state index is -0.149. The highest BCUT2D eigenvalue weighted by molar-refractivity contribution is 5.85. The average molecular weight is 361 g/mol. The Morgan fingerprint density at radius 2 is 1.96 bits per heavy atom. The maximum atomic E-state index is 12.3. The van der Waals surface area contributed by atoms with Crippen LogP contribution in [-0.4, -0.2) is 19.1 Å². The predicted molar refractivity (Wildman–Crippen MR) is 102 cm³/mol. The van der Waals surface area contributed by atoms with Crippen molar-refractivity contribution < 1.29 is 9.53 Å². The number of ether oxygens (including phenoxy) is 1. The Morgan fingerprint density at radius 3 is 2.72 bits per heavy atom. The van der Waals surface area contributed by atoms with Crippen LogP contribution in [-0.2, 0) is 11.2 Å². The van der Waals surface area contributed by atoms with Crippen LogP contribution in [0.1, 0.15) is 42.0 Å². The summed E-state index contributed by atoms with van der Waals surface area (Å²) in [7, 11) is 0. The number of carbonyl (C=O) groups is 1. The molecule has 4 nitrogen and oxygen atoms in total. The summed E-state index contributed by atoms with van der Waals surface area (Å²) in [4.78, 5) is 12.3. The number of aryl methyl sites for hydroxylation is 1. The summed E-state index contributed by atoms with van der Waals surface area (Å²) in [5, 5.41) is 3.16. The molecule has 1 heterocycles. The average Bonchev–Trinajstić information content (AvgIpc) is 2.64. The van der Waals surface area contributed by atoms with Crippen molar-refractivity contribution in [2.24, 2.45) is 5.73 Å². The SMILES string of the molecule is Cl.NCCCC(=O)NC(c1ccccc1)c1ccc2c(c1)CCCO2. The Labute approximate surface area is 155 Å². The van der Waals surface area contributed by atoms with Gasteiger partial charge in [0.2, 0.25) is 5.91 Å². The molecule has 0 saturated carbocycles. The van der Waals surface area contributed by atoms with E-state index in [1.807, 2.05) is 42.5 Å². The first kappa shape index (κ1) is 19.3. The second-order valence-electron chi connectivity index (χ2n) is 6.12. The molecule has 2 aromatic rings. The zero-order valence-corrected chi connectivity index (χ0v) is 15.1. The maximum absolute atomic E-state index is 12.3. The van der Waals surface area contributed by atoms with Gasteiger partial charge in [0.1, 0.15) is 5.75 Å². The van der Waals surface area contributed by atoms with Crippen LogP contribution in [0.4, 0.5) is 0 Å². The molecule has 1 aliphatic rings. The van der Waals surface area contributed by atoms with Gasteiger partial charge < -0.3 is 15.8 Å². The van der Waals surface area contributed by atoms with E-state index in [2.05, 4.69) is 11.4 Å². The van der Waals surface area contributed by atoms with E-state index in [1.54, 1.807) is 0 Å². The molecule has 0 saturated heterocycles. The zero-order chi connectivity index (χ0) is 16.8. The van der Waals surface area contributed by atoms with Crippen LogP contribution in [0, 0.1) is 0 Å². The van der Waals surface area contributed by atoms with Gasteiger partial charge in [-0.25, -0.2) is 0 Å². The molecule has 134 valence electrons. The number of hydrogen-bond donors (Lipinski definition) is 2. The first-order chi connectivity index (χ1) is 11.8. The molecular weight excluding hydrogens is 336 g/mol. The van der Waals surface area contributed by atoms with Crippen LogP contribution in [0.2, 0.25) is 0 Å². The van der Waals surface area contributed by atoms with Gasteiger partial charge in [-0.1, -0.05) is 36.4 Å². The third-order valence-electron chi connectivity index (χ3n) is 4.31. The van der Waals surface area contributed by atoms with Gasteiger partial charge in [0.05, 0.1) is 12.6 Å². The fourth-order valence-corrected chi connectivity index (χ4v) is 3.06. The summed E-state index contributed by atoms with van der Waals surface area (Å²) in [6.45, 7) is 1.31. The Morgan fingerprint density at radius 1 is 1.16 bits per heavy atom. The van der Waals surface area contributed by atoms with E-state index in [-0.39, 0.29) is 24.4 Å². The van der Waals surface area contributed by atoms with E-state index < -0.39 is 0 Å². The molecule has 0 radical (unpaired) electrons. The van der Waals surface area contributed by atoms with Gasteiger partial charge in [0.25, 0.3) is 0 Å². The van der Waals surface area contributed by atoms with Crippen molar-refractivity contribution in [2.75, 3.05) is 13.2 Å². The quantitative estimate of drug-likeness (QED) is 0.830. The van der Waals surface area contributed by atoms with E-state index in [9.17, 15) is 4.79 Å². The molecule has 2 aromatic carbocycles. The van der Waals surface area contributed by atoms with Crippen LogP contribution in [0.3, 0.4) is 0 Å². The molecule has 0 aliphatic carbocycles. The summed E-state index contributed by atoms with van der Waals surface area (Å²) in [5.41, 5.74) is 8.90. The molecule has 0 bridgehead atoms. The highest BCUT2D eigenvalue weighted by Gasteiger charge is 2.19. The molecular formula is C20H25ClN2O2. The van der Waals surface area contributed by atoms with Crippen molar-refractivity contribution >= 4 is 18.3 Å². The minimum Gasteiger partial charge on any atom is -0.493 e. The molecule has 1 unspecified atom stereocenters. The lowest BCUT2D eigenvalue weighted by molar-refractivity contribution is -0.121. The van der Waals surface area contributed by atoms with Crippen molar-refractivity contribution in [3.8, 4) is 5.75 Å². The predicted octanol–water partition coefficient (Wildman–Crippen LogP) is 3.38. The Hall–Kier alpha value is -2.04. The zero-order valence-electron chi connectivity index (χ0n) is 14.2. The van der Waals surface area contributed by atoms with Gasteiger partial charge in [0.15, 0.2) is 0 Å². The second-order valence-corrected chi connectivity index (χ2v) is 6.12.